The molecule has 3 heteroatoms. The molecule has 1 aromatic carbocycles. The van der Waals surface area contributed by atoms with Crippen LogP contribution in [0.1, 0.15) is 36.8 Å². The molecule has 0 radical (unpaired) electrons. The lowest BCUT2D eigenvalue weighted by molar-refractivity contribution is 0.549. The molecule has 1 atom stereocenters. The fourth-order valence-corrected chi connectivity index (χ4v) is 3.28. The summed E-state index contributed by atoms with van der Waals surface area (Å²) in [6.07, 6.45) is 3.47. The second-order valence-electron chi connectivity index (χ2n) is 5.13. The van der Waals surface area contributed by atoms with E-state index in [1.165, 1.54) is 17.5 Å². The maximum absolute atomic E-state index is 6.13. The Labute approximate surface area is 131 Å². The van der Waals surface area contributed by atoms with Crippen molar-refractivity contribution >= 4 is 22.9 Å². The molecular formula is C17H22ClNS. The highest BCUT2D eigenvalue weighted by Gasteiger charge is 2.12. The first kappa shape index (κ1) is 15.6. The van der Waals surface area contributed by atoms with Crippen molar-refractivity contribution in [1.82, 2.24) is 5.32 Å². The molecule has 0 aliphatic heterocycles. The fourth-order valence-electron chi connectivity index (χ4n) is 2.38. The van der Waals surface area contributed by atoms with Crippen molar-refractivity contribution in [2.75, 3.05) is 13.1 Å². The van der Waals surface area contributed by atoms with Crippen molar-refractivity contribution in [1.29, 1.82) is 0 Å². The van der Waals surface area contributed by atoms with E-state index < -0.39 is 0 Å². The van der Waals surface area contributed by atoms with Crippen LogP contribution in [-0.4, -0.2) is 13.1 Å². The Morgan fingerprint density at radius 3 is 2.90 bits per heavy atom. The first-order chi connectivity index (χ1) is 9.79. The van der Waals surface area contributed by atoms with Gasteiger partial charge in [-0.05, 0) is 71.8 Å². The maximum atomic E-state index is 6.13. The quantitative estimate of drug-likeness (QED) is 0.668. The van der Waals surface area contributed by atoms with Gasteiger partial charge in [0.1, 0.15) is 0 Å². The van der Waals surface area contributed by atoms with Crippen LogP contribution in [0, 0.1) is 0 Å². The van der Waals surface area contributed by atoms with Gasteiger partial charge in [0.25, 0.3) is 0 Å². The Hall–Kier alpha value is -0.830. The lowest BCUT2D eigenvalue weighted by Crippen LogP contribution is -2.22. The predicted molar refractivity (Wildman–Crippen MR) is 90.0 cm³/mol. The molecule has 0 fully saturated rings. The Kier molecular flexibility index (Phi) is 6.58. The molecule has 2 rings (SSSR count). The number of rotatable bonds is 8. The highest BCUT2D eigenvalue weighted by molar-refractivity contribution is 7.07. The summed E-state index contributed by atoms with van der Waals surface area (Å²) in [6.45, 7) is 4.31. The molecule has 2 aromatic rings. The average Bonchev–Trinajstić information content (AvgIpc) is 2.96. The van der Waals surface area contributed by atoms with Crippen LogP contribution in [0.25, 0.3) is 0 Å². The molecule has 0 bridgehead atoms. The second kappa shape index (κ2) is 8.46. The Bertz CT molecular complexity index is 495. The number of halogens is 1. The summed E-state index contributed by atoms with van der Waals surface area (Å²) in [5.41, 5.74) is 2.79. The lowest BCUT2D eigenvalue weighted by atomic mass is 9.93. The molecule has 1 unspecified atom stereocenters. The summed E-state index contributed by atoms with van der Waals surface area (Å²) in [5.74, 6) is 0.528. The SMILES string of the molecule is CCCNCC(CCc1ccsc1)c1cccc(Cl)c1. The van der Waals surface area contributed by atoms with Gasteiger partial charge in [0.05, 0.1) is 0 Å². The standard InChI is InChI=1S/C17H22ClNS/c1-2-9-19-12-16(7-6-14-8-10-20-13-14)15-4-3-5-17(18)11-15/h3-5,8,10-11,13,16,19H,2,6-7,9,12H2,1H3. The fraction of sp³-hybridized carbons (Fsp3) is 0.412. The van der Waals surface area contributed by atoms with E-state index in [1.54, 1.807) is 11.3 Å². The summed E-state index contributed by atoms with van der Waals surface area (Å²) in [5, 5.41) is 8.77. The zero-order chi connectivity index (χ0) is 14.2. The number of nitrogens with one attached hydrogen (secondary N) is 1. The minimum atomic E-state index is 0.528. The molecule has 0 spiro atoms. The highest BCUT2D eigenvalue weighted by atomic mass is 35.5. The van der Waals surface area contributed by atoms with Crippen molar-refractivity contribution in [2.45, 2.75) is 32.1 Å². The molecule has 108 valence electrons. The molecular weight excluding hydrogens is 286 g/mol. The first-order valence-electron chi connectivity index (χ1n) is 7.27. The largest absolute Gasteiger partial charge is 0.316 e. The van der Waals surface area contributed by atoms with E-state index in [1.807, 2.05) is 6.07 Å². The van der Waals surface area contributed by atoms with Crippen molar-refractivity contribution < 1.29 is 0 Å². The first-order valence-corrected chi connectivity index (χ1v) is 8.59. The number of hydrogen-bond donors (Lipinski definition) is 1. The molecule has 1 heterocycles. The molecule has 1 N–H and O–H groups in total. The van der Waals surface area contributed by atoms with Crippen LogP contribution in [-0.2, 0) is 6.42 Å². The van der Waals surface area contributed by atoms with Crippen LogP contribution in [0.4, 0.5) is 0 Å². The zero-order valence-electron chi connectivity index (χ0n) is 11.9. The Morgan fingerprint density at radius 1 is 1.30 bits per heavy atom. The normalized spacial score (nSPS) is 12.5. The van der Waals surface area contributed by atoms with E-state index in [2.05, 4.69) is 47.3 Å². The molecule has 0 saturated heterocycles. The van der Waals surface area contributed by atoms with Crippen molar-refractivity contribution in [3.63, 3.8) is 0 Å². The average molecular weight is 308 g/mol. The van der Waals surface area contributed by atoms with Crippen LogP contribution in [0.3, 0.4) is 0 Å². The summed E-state index contributed by atoms with van der Waals surface area (Å²) in [4.78, 5) is 0. The van der Waals surface area contributed by atoms with Crippen LogP contribution in [0.2, 0.25) is 5.02 Å². The van der Waals surface area contributed by atoms with E-state index in [4.69, 9.17) is 11.6 Å². The second-order valence-corrected chi connectivity index (χ2v) is 6.34. The summed E-state index contributed by atoms with van der Waals surface area (Å²) in [7, 11) is 0. The van der Waals surface area contributed by atoms with Gasteiger partial charge in [-0.2, -0.15) is 11.3 Å². The van der Waals surface area contributed by atoms with Crippen LogP contribution < -0.4 is 5.32 Å². The van der Waals surface area contributed by atoms with E-state index in [0.717, 1.165) is 31.0 Å². The predicted octanol–water partition coefficient (Wildman–Crippen LogP) is 5.12. The van der Waals surface area contributed by atoms with Crippen LogP contribution >= 0.6 is 22.9 Å². The van der Waals surface area contributed by atoms with Gasteiger partial charge in [-0.15, -0.1) is 0 Å². The van der Waals surface area contributed by atoms with Crippen molar-refractivity contribution in [3.8, 4) is 0 Å². The van der Waals surface area contributed by atoms with E-state index in [0.29, 0.717) is 5.92 Å². The van der Waals surface area contributed by atoms with Crippen LogP contribution in [0.5, 0.6) is 0 Å². The van der Waals surface area contributed by atoms with E-state index >= 15 is 0 Å². The topological polar surface area (TPSA) is 12.0 Å². The summed E-state index contributed by atoms with van der Waals surface area (Å²) < 4.78 is 0. The van der Waals surface area contributed by atoms with Gasteiger partial charge in [-0.1, -0.05) is 30.7 Å². The molecule has 0 aliphatic rings. The van der Waals surface area contributed by atoms with Gasteiger partial charge in [0.15, 0.2) is 0 Å². The van der Waals surface area contributed by atoms with Gasteiger partial charge in [0.2, 0.25) is 0 Å². The van der Waals surface area contributed by atoms with E-state index in [-0.39, 0.29) is 0 Å². The maximum Gasteiger partial charge on any atom is 0.0408 e. The molecule has 20 heavy (non-hydrogen) atoms. The van der Waals surface area contributed by atoms with Gasteiger partial charge < -0.3 is 5.32 Å². The van der Waals surface area contributed by atoms with Crippen molar-refractivity contribution in [2.24, 2.45) is 0 Å². The number of benzene rings is 1. The minimum absolute atomic E-state index is 0.528. The molecule has 0 saturated carbocycles. The Balaban J connectivity index is 1.99. The monoisotopic (exact) mass is 307 g/mol. The third kappa shape index (κ3) is 4.93. The van der Waals surface area contributed by atoms with Gasteiger partial charge >= 0.3 is 0 Å². The van der Waals surface area contributed by atoms with E-state index in [9.17, 15) is 0 Å². The Morgan fingerprint density at radius 2 is 2.20 bits per heavy atom. The third-order valence-corrected chi connectivity index (χ3v) is 4.47. The summed E-state index contributed by atoms with van der Waals surface area (Å²) >= 11 is 7.91. The van der Waals surface area contributed by atoms with Gasteiger partial charge in [-0.3, -0.25) is 0 Å². The van der Waals surface area contributed by atoms with Gasteiger partial charge in [0, 0.05) is 11.6 Å². The number of aryl methyl sites for hydroxylation is 1. The lowest BCUT2D eigenvalue weighted by Gasteiger charge is -2.18. The number of hydrogen-bond acceptors (Lipinski definition) is 2. The van der Waals surface area contributed by atoms with Gasteiger partial charge in [-0.25, -0.2) is 0 Å². The minimum Gasteiger partial charge on any atom is -0.316 e. The molecule has 1 nitrogen and oxygen atoms in total. The smallest absolute Gasteiger partial charge is 0.0408 e. The third-order valence-electron chi connectivity index (χ3n) is 3.50. The molecule has 1 aromatic heterocycles. The van der Waals surface area contributed by atoms with Crippen molar-refractivity contribution in [3.05, 3.63) is 57.2 Å². The highest BCUT2D eigenvalue weighted by Crippen LogP contribution is 2.24. The molecule has 0 amide bonds. The summed E-state index contributed by atoms with van der Waals surface area (Å²) in [6, 6.07) is 10.5. The molecule has 0 aliphatic carbocycles. The zero-order valence-corrected chi connectivity index (χ0v) is 13.5. The number of thiophene rings is 1. The van der Waals surface area contributed by atoms with Crippen LogP contribution in [0.15, 0.2) is 41.1 Å².